The number of hydrogen-bond donors (Lipinski definition) is 2. The molecule has 2 rings (SSSR count). The molecular weight excluding hydrogens is 252 g/mol. The van der Waals surface area contributed by atoms with E-state index in [9.17, 15) is 9.59 Å². The van der Waals surface area contributed by atoms with Gasteiger partial charge in [0.15, 0.2) is 0 Å². The molecule has 0 fully saturated rings. The van der Waals surface area contributed by atoms with Gasteiger partial charge in [-0.1, -0.05) is 23.8 Å². The number of hydrogen-bond acceptors (Lipinski definition) is 2. The van der Waals surface area contributed by atoms with Crippen molar-refractivity contribution in [2.24, 2.45) is 0 Å². The van der Waals surface area contributed by atoms with Crippen molar-refractivity contribution in [2.75, 3.05) is 0 Å². The van der Waals surface area contributed by atoms with E-state index in [1.165, 1.54) is 12.3 Å². The normalized spacial score (nSPS) is 11.9. The third-order valence-corrected chi connectivity index (χ3v) is 3.29. The van der Waals surface area contributed by atoms with Crippen molar-refractivity contribution in [1.82, 2.24) is 10.3 Å². The molecule has 104 valence electrons. The van der Waals surface area contributed by atoms with Gasteiger partial charge in [0.1, 0.15) is 0 Å². The molecule has 2 aromatic rings. The number of pyridine rings is 1. The molecule has 1 aromatic heterocycles. The molecule has 4 heteroatoms. The zero-order chi connectivity index (χ0) is 14.7. The topological polar surface area (TPSA) is 62.0 Å². The minimum absolute atomic E-state index is 0.110. The van der Waals surface area contributed by atoms with Gasteiger partial charge in [-0.15, -0.1) is 0 Å². The minimum atomic E-state index is -0.281. The lowest BCUT2D eigenvalue weighted by Gasteiger charge is -2.17. The van der Waals surface area contributed by atoms with Gasteiger partial charge in [0.2, 0.25) is 5.56 Å². The van der Waals surface area contributed by atoms with Crippen molar-refractivity contribution in [2.45, 2.75) is 26.8 Å². The van der Waals surface area contributed by atoms with E-state index >= 15 is 0 Å². The molecule has 0 aliphatic heterocycles. The highest BCUT2D eigenvalue weighted by molar-refractivity contribution is 5.94. The molecule has 1 heterocycles. The fraction of sp³-hybridized carbons (Fsp3) is 0.250. The summed E-state index contributed by atoms with van der Waals surface area (Å²) in [6, 6.07) is 8.93. The van der Waals surface area contributed by atoms with Gasteiger partial charge in [-0.3, -0.25) is 9.59 Å². The van der Waals surface area contributed by atoms with Crippen molar-refractivity contribution in [3.8, 4) is 0 Å². The molecule has 1 aromatic carbocycles. The number of aromatic amines is 1. The molecule has 0 radical (unpaired) electrons. The Labute approximate surface area is 117 Å². The lowest BCUT2D eigenvalue weighted by atomic mass is 10.00. The molecule has 1 unspecified atom stereocenters. The van der Waals surface area contributed by atoms with E-state index in [1.807, 2.05) is 32.9 Å². The first kappa shape index (κ1) is 14.1. The Morgan fingerprint density at radius 3 is 2.65 bits per heavy atom. The Hall–Kier alpha value is -2.36. The van der Waals surface area contributed by atoms with Crippen molar-refractivity contribution in [3.63, 3.8) is 0 Å². The maximum absolute atomic E-state index is 12.1. The zero-order valence-electron chi connectivity index (χ0n) is 11.9. The quantitative estimate of drug-likeness (QED) is 0.900. The van der Waals surface area contributed by atoms with Crippen LogP contribution in [0.15, 0.2) is 41.3 Å². The SMILES string of the molecule is Cc1ccc(C)c(C(C)NC(=O)c2cc[nH]c(=O)c2)c1. The van der Waals surface area contributed by atoms with E-state index in [2.05, 4.69) is 16.4 Å². The molecule has 0 aliphatic rings. The number of carbonyl (C=O) groups excluding carboxylic acids is 1. The van der Waals surface area contributed by atoms with E-state index in [0.29, 0.717) is 5.56 Å². The Balaban J connectivity index is 2.19. The number of benzene rings is 1. The van der Waals surface area contributed by atoms with Gasteiger partial charge in [0, 0.05) is 17.8 Å². The molecular formula is C16H18N2O2. The van der Waals surface area contributed by atoms with Crippen molar-refractivity contribution in [3.05, 3.63) is 69.1 Å². The number of carbonyl (C=O) groups is 1. The Bertz CT molecular complexity index is 689. The van der Waals surface area contributed by atoms with Gasteiger partial charge in [-0.25, -0.2) is 0 Å². The van der Waals surface area contributed by atoms with Gasteiger partial charge in [0.05, 0.1) is 6.04 Å². The molecule has 0 bridgehead atoms. The van der Waals surface area contributed by atoms with E-state index in [0.717, 1.165) is 16.7 Å². The second-order valence-corrected chi connectivity index (χ2v) is 5.00. The van der Waals surface area contributed by atoms with Crippen molar-refractivity contribution in [1.29, 1.82) is 0 Å². The fourth-order valence-corrected chi connectivity index (χ4v) is 2.17. The van der Waals surface area contributed by atoms with Crippen LogP contribution >= 0.6 is 0 Å². The monoisotopic (exact) mass is 270 g/mol. The summed E-state index contributed by atoms with van der Waals surface area (Å²) in [5.74, 6) is -0.246. The smallest absolute Gasteiger partial charge is 0.252 e. The number of rotatable bonds is 3. The van der Waals surface area contributed by atoms with Crippen LogP contribution in [0.5, 0.6) is 0 Å². The van der Waals surface area contributed by atoms with Gasteiger partial charge in [-0.05, 0) is 38.0 Å². The van der Waals surface area contributed by atoms with Crippen LogP contribution in [0.1, 0.15) is 40.0 Å². The first-order valence-electron chi connectivity index (χ1n) is 6.54. The van der Waals surface area contributed by atoms with Gasteiger partial charge in [0.25, 0.3) is 5.91 Å². The number of nitrogens with one attached hydrogen (secondary N) is 2. The first-order valence-corrected chi connectivity index (χ1v) is 6.54. The molecule has 0 aliphatic carbocycles. The van der Waals surface area contributed by atoms with Crippen LogP contribution in [0.2, 0.25) is 0 Å². The highest BCUT2D eigenvalue weighted by Crippen LogP contribution is 2.19. The van der Waals surface area contributed by atoms with Crippen LogP contribution in [0.4, 0.5) is 0 Å². The second kappa shape index (κ2) is 5.74. The summed E-state index contributed by atoms with van der Waals surface area (Å²) in [5, 5.41) is 2.92. The molecule has 4 nitrogen and oxygen atoms in total. The average Bonchev–Trinajstić information content (AvgIpc) is 2.41. The van der Waals surface area contributed by atoms with Crippen LogP contribution in [0, 0.1) is 13.8 Å². The second-order valence-electron chi connectivity index (χ2n) is 5.00. The van der Waals surface area contributed by atoms with Gasteiger partial charge < -0.3 is 10.3 Å². The minimum Gasteiger partial charge on any atom is -0.346 e. The summed E-state index contributed by atoms with van der Waals surface area (Å²) in [5.41, 5.74) is 3.46. The van der Waals surface area contributed by atoms with Crippen molar-refractivity contribution >= 4 is 5.91 Å². The summed E-state index contributed by atoms with van der Waals surface area (Å²) in [6.45, 7) is 5.98. The van der Waals surface area contributed by atoms with Crippen LogP contribution in [0.25, 0.3) is 0 Å². The van der Waals surface area contributed by atoms with Gasteiger partial charge in [-0.2, -0.15) is 0 Å². The standard InChI is InChI=1S/C16H18N2O2/c1-10-4-5-11(2)14(8-10)12(3)18-16(20)13-6-7-17-15(19)9-13/h4-9,12H,1-3H3,(H,17,19)(H,18,20). The molecule has 1 amide bonds. The van der Waals surface area contributed by atoms with Crippen LogP contribution in [0.3, 0.4) is 0 Å². The van der Waals surface area contributed by atoms with E-state index in [4.69, 9.17) is 0 Å². The largest absolute Gasteiger partial charge is 0.346 e. The highest BCUT2D eigenvalue weighted by atomic mass is 16.2. The molecule has 2 N–H and O–H groups in total. The first-order chi connectivity index (χ1) is 9.47. The van der Waals surface area contributed by atoms with E-state index < -0.39 is 0 Å². The predicted octanol–water partition coefficient (Wildman–Crippen LogP) is 2.48. The molecule has 0 saturated heterocycles. The third kappa shape index (κ3) is 3.15. The summed E-state index contributed by atoms with van der Waals surface area (Å²) in [6.07, 6.45) is 1.47. The number of aryl methyl sites for hydroxylation is 2. The summed E-state index contributed by atoms with van der Waals surface area (Å²) in [7, 11) is 0. The van der Waals surface area contributed by atoms with Crippen molar-refractivity contribution < 1.29 is 4.79 Å². The van der Waals surface area contributed by atoms with E-state index in [-0.39, 0.29) is 17.5 Å². The maximum atomic E-state index is 12.1. The predicted molar refractivity (Wildman–Crippen MR) is 78.9 cm³/mol. The molecule has 0 spiro atoms. The number of H-pyrrole nitrogens is 1. The Kier molecular flexibility index (Phi) is 4.03. The molecule has 20 heavy (non-hydrogen) atoms. The summed E-state index contributed by atoms with van der Waals surface area (Å²) >= 11 is 0. The third-order valence-electron chi connectivity index (χ3n) is 3.29. The molecule has 0 saturated carbocycles. The van der Waals surface area contributed by atoms with Gasteiger partial charge >= 0.3 is 0 Å². The maximum Gasteiger partial charge on any atom is 0.252 e. The Morgan fingerprint density at radius 2 is 1.95 bits per heavy atom. The zero-order valence-corrected chi connectivity index (χ0v) is 11.9. The average molecular weight is 270 g/mol. The summed E-state index contributed by atoms with van der Waals surface area (Å²) < 4.78 is 0. The van der Waals surface area contributed by atoms with E-state index in [1.54, 1.807) is 6.07 Å². The lowest BCUT2D eigenvalue weighted by Crippen LogP contribution is -2.28. The lowest BCUT2D eigenvalue weighted by molar-refractivity contribution is 0.0939. The van der Waals surface area contributed by atoms with Crippen LogP contribution in [-0.4, -0.2) is 10.9 Å². The summed E-state index contributed by atoms with van der Waals surface area (Å²) in [4.78, 5) is 25.8. The van der Waals surface area contributed by atoms with Crippen LogP contribution in [-0.2, 0) is 0 Å². The highest BCUT2D eigenvalue weighted by Gasteiger charge is 2.13. The molecule has 1 atom stereocenters. The fourth-order valence-electron chi connectivity index (χ4n) is 2.17. The number of amides is 1. The number of aromatic nitrogens is 1. The van der Waals surface area contributed by atoms with Crippen LogP contribution < -0.4 is 10.9 Å². The Morgan fingerprint density at radius 1 is 1.20 bits per heavy atom.